The van der Waals surface area contributed by atoms with Gasteiger partial charge in [-0.15, -0.1) is 0 Å². The van der Waals surface area contributed by atoms with Crippen molar-refractivity contribution in [2.24, 2.45) is 17.2 Å². The zero-order valence-corrected chi connectivity index (χ0v) is 20.4. The van der Waals surface area contributed by atoms with Crippen molar-refractivity contribution in [3.8, 4) is 0 Å². The lowest BCUT2D eigenvalue weighted by atomic mass is 10.0. The van der Waals surface area contributed by atoms with Gasteiger partial charge >= 0.3 is 6.03 Å². The van der Waals surface area contributed by atoms with Crippen molar-refractivity contribution < 1.29 is 39.0 Å². The summed E-state index contributed by atoms with van der Waals surface area (Å²) in [6.45, 7) is -1.87. The maximum atomic E-state index is 13.1. The summed E-state index contributed by atoms with van der Waals surface area (Å²) < 4.78 is 0. The molecule has 216 valence electrons. The smallest absolute Gasteiger partial charge is 0.316 e. The monoisotopic (exact) mass is 556 g/mol. The Labute approximate surface area is 220 Å². The average Bonchev–Trinajstić information content (AvgIpc) is 2.87. The number of urea groups is 1. The van der Waals surface area contributed by atoms with Crippen LogP contribution in [0.3, 0.4) is 0 Å². The van der Waals surface area contributed by atoms with E-state index in [1.165, 1.54) is 0 Å². The Hall–Kier alpha value is -4.53. The molecule has 17 N–H and O–H groups in total. The van der Waals surface area contributed by atoms with Crippen LogP contribution in [0.4, 0.5) is 4.79 Å². The summed E-state index contributed by atoms with van der Waals surface area (Å²) in [6.07, 6.45) is -0.724. The Balaban J connectivity index is 2.48. The topological polar surface area (TPSA) is 341 Å². The van der Waals surface area contributed by atoms with Gasteiger partial charge in [0.05, 0.1) is 12.6 Å². The Bertz CT molecular complexity index is 1040. The zero-order chi connectivity index (χ0) is 29.3. The van der Waals surface area contributed by atoms with Crippen molar-refractivity contribution in [2.45, 2.75) is 42.9 Å². The predicted octanol–water partition coefficient (Wildman–Crippen LogP) is -8.32. The van der Waals surface area contributed by atoms with Gasteiger partial charge in [0.1, 0.15) is 36.1 Å². The molecule has 0 bridgehead atoms. The SMILES string of the molecule is N=C1NC([C@@H]2NC(=O)/C(=C/NC(N)=O)NC(=O)[C@H](CN)NC(=O)[C@H](CO)NC(=O)[C@@H](N)CNC2=O)C[C@@H](O)N1. The Morgan fingerprint density at radius 1 is 1.00 bits per heavy atom. The fourth-order valence-electron chi connectivity index (χ4n) is 3.45. The summed E-state index contributed by atoms with van der Waals surface area (Å²) >= 11 is 0. The van der Waals surface area contributed by atoms with E-state index in [0.29, 0.717) is 0 Å². The van der Waals surface area contributed by atoms with E-state index in [-0.39, 0.29) is 12.4 Å². The molecule has 7 amide bonds. The van der Waals surface area contributed by atoms with Gasteiger partial charge in [-0.1, -0.05) is 0 Å². The number of nitrogens with two attached hydrogens (primary N) is 3. The Morgan fingerprint density at radius 3 is 2.26 bits per heavy atom. The van der Waals surface area contributed by atoms with Crippen molar-refractivity contribution in [3.63, 3.8) is 0 Å². The van der Waals surface area contributed by atoms with Gasteiger partial charge in [-0.05, 0) is 0 Å². The predicted molar refractivity (Wildman–Crippen MR) is 130 cm³/mol. The highest BCUT2D eigenvalue weighted by Crippen LogP contribution is 2.08. The second kappa shape index (κ2) is 13.9. The average molecular weight is 557 g/mol. The Kier molecular flexibility index (Phi) is 10.9. The molecule has 0 saturated carbocycles. The molecule has 0 spiro atoms. The number of hydrogen-bond donors (Lipinski definition) is 14. The molecule has 39 heavy (non-hydrogen) atoms. The molecule has 2 aliphatic rings. The van der Waals surface area contributed by atoms with Crippen LogP contribution >= 0.6 is 0 Å². The van der Waals surface area contributed by atoms with Gasteiger partial charge in [-0.2, -0.15) is 0 Å². The van der Waals surface area contributed by atoms with E-state index in [0.717, 1.165) is 6.20 Å². The molecule has 2 heterocycles. The maximum Gasteiger partial charge on any atom is 0.316 e. The van der Waals surface area contributed by atoms with Crippen LogP contribution in [0.1, 0.15) is 6.42 Å². The highest BCUT2D eigenvalue weighted by atomic mass is 16.3. The molecule has 0 aromatic carbocycles. The summed E-state index contributed by atoms with van der Waals surface area (Å²) in [4.78, 5) is 75.3. The van der Waals surface area contributed by atoms with E-state index in [4.69, 9.17) is 22.6 Å². The number of primary amides is 1. The number of carbonyl (C=O) groups excluding carboxylic acids is 6. The first-order chi connectivity index (χ1) is 18.4. The second-order valence-electron chi connectivity index (χ2n) is 8.42. The van der Waals surface area contributed by atoms with Gasteiger partial charge in [0, 0.05) is 25.7 Å². The van der Waals surface area contributed by atoms with Crippen LogP contribution in [0.25, 0.3) is 0 Å². The van der Waals surface area contributed by atoms with Gasteiger partial charge in [0.15, 0.2) is 5.96 Å². The van der Waals surface area contributed by atoms with E-state index in [2.05, 4.69) is 37.2 Å². The van der Waals surface area contributed by atoms with E-state index in [1.807, 2.05) is 5.32 Å². The fourth-order valence-corrected chi connectivity index (χ4v) is 3.45. The molecule has 0 aliphatic carbocycles. The van der Waals surface area contributed by atoms with Gasteiger partial charge in [0.25, 0.3) is 5.91 Å². The van der Waals surface area contributed by atoms with E-state index in [1.54, 1.807) is 0 Å². The Morgan fingerprint density at radius 2 is 1.67 bits per heavy atom. The summed E-state index contributed by atoms with van der Waals surface area (Å²) in [5.41, 5.74) is 15.8. The third-order valence-corrected chi connectivity index (χ3v) is 5.47. The standard InChI is InChI=1S/C19H32N12O8/c20-2-8-14(35)27-9(4-25-19(23)39)15(36)31-12(7-1-11(33)30-18(22)29-7)17(38)24-3-6(21)13(34)28-10(5-32)16(37)26-8/h4,6-8,10-12,32-33H,1-3,5,20-21H2,(H,24,38)(H,26,37)(H,27,35)(H,28,34)(H,31,36)(H3,22,29,30)(H3,23,25,39)/b9-4-/t6-,7?,8-,10-,11+,12-/m0/s1. The maximum absolute atomic E-state index is 13.1. The number of rotatable bonds is 4. The quantitative estimate of drug-likeness (QED) is 0.143. The van der Waals surface area contributed by atoms with E-state index < -0.39 is 97.4 Å². The molecule has 1 unspecified atom stereocenters. The molecule has 20 nitrogen and oxygen atoms in total. The summed E-state index contributed by atoms with van der Waals surface area (Å²) in [7, 11) is 0. The lowest BCUT2D eigenvalue weighted by molar-refractivity contribution is -0.133. The first-order valence-electron chi connectivity index (χ1n) is 11.5. The first-order valence-corrected chi connectivity index (χ1v) is 11.5. The van der Waals surface area contributed by atoms with Crippen molar-refractivity contribution in [1.29, 1.82) is 5.41 Å². The zero-order valence-electron chi connectivity index (χ0n) is 20.4. The molecule has 20 heteroatoms. The van der Waals surface area contributed by atoms with Gasteiger partial charge < -0.3 is 69.9 Å². The molecule has 2 rings (SSSR count). The van der Waals surface area contributed by atoms with Crippen LogP contribution in [-0.2, 0) is 24.0 Å². The fraction of sp³-hybridized carbons (Fsp3) is 0.526. The molecule has 2 saturated heterocycles. The number of carbonyl (C=O) groups is 6. The second-order valence-corrected chi connectivity index (χ2v) is 8.42. The van der Waals surface area contributed by atoms with Crippen LogP contribution in [0, 0.1) is 5.41 Å². The minimum absolute atomic E-state index is 0.183. The number of amides is 7. The number of aliphatic hydroxyl groups is 2. The lowest BCUT2D eigenvalue weighted by Crippen LogP contribution is -2.66. The molecule has 0 aromatic heterocycles. The number of guanidine groups is 1. The number of hydrogen-bond acceptors (Lipinski definition) is 11. The number of aliphatic hydroxyl groups excluding tert-OH is 2. The van der Waals surface area contributed by atoms with Gasteiger partial charge in [-0.25, -0.2) is 4.79 Å². The molecule has 6 atom stereocenters. The summed E-state index contributed by atoms with van der Waals surface area (Å²) in [6, 6.07) is -8.17. The lowest BCUT2D eigenvalue weighted by Gasteiger charge is -2.35. The van der Waals surface area contributed by atoms with Crippen LogP contribution in [0.2, 0.25) is 0 Å². The molecule has 0 radical (unpaired) electrons. The van der Waals surface area contributed by atoms with Crippen molar-refractivity contribution in [3.05, 3.63) is 11.9 Å². The van der Waals surface area contributed by atoms with Gasteiger partial charge in [0.2, 0.25) is 23.6 Å². The molecular formula is C19H32N12O8. The van der Waals surface area contributed by atoms with Gasteiger partial charge in [-0.3, -0.25) is 29.4 Å². The molecule has 0 aromatic rings. The van der Waals surface area contributed by atoms with Crippen LogP contribution in [-0.4, -0.2) is 108 Å². The molecule has 2 fully saturated rings. The van der Waals surface area contributed by atoms with Crippen LogP contribution in [0.5, 0.6) is 0 Å². The summed E-state index contributed by atoms with van der Waals surface area (Å²) in [5.74, 6) is -5.41. The first kappa shape index (κ1) is 30.7. The minimum atomic E-state index is -1.55. The third-order valence-electron chi connectivity index (χ3n) is 5.47. The highest BCUT2D eigenvalue weighted by molar-refractivity contribution is 6.02. The van der Waals surface area contributed by atoms with Crippen LogP contribution < -0.4 is 59.7 Å². The third kappa shape index (κ3) is 8.77. The van der Waals surface area contributed by atoms with Crippen molar-refractivity contribution >= 4 is 41.5 Å². The minimum Gasteiger partial charge on any atom is -0.394 e. The molecular weight excluding hydrogens is 524 g/mol. The van der Waals surface area contributed by atoms with E-state index in [9.17, 15) is 39.0 Å². The van der Waals surface area contributed by atoms with Crippen LogP contribution in [0.15, 0.2) is 11.9 Å². The summed E-state index contributed by atoms with van der Waals surface area (Å²) in [5, 5.41) is 45.5. The van der Waals surface area contributed by atoms with Crippen molar-refractivity contribution in [1.82, 2.24) is 42.5 Å². The van der Waals surface area contributed by atoms with E-state index >= 15 is 0 Å². The highest BCUT2D eigenvalue weighted by Gasteiger charge is 2.37. The molecule has 2 aliphatic heterocycles. The largest absolute Gasteiger partial charge is 0.394 e. The van der Waals surface area contributed by atoms with Crippen molar-refractivity contribution in [2.75, 3.05) is 19.7 Å². The number of nitrogens with one attached hydrogen (secondary N) is 9. The normalized spacial score (nSPS) is 30.5.